The predicted molar refractivity (Wildman–Crippen MR) is 112 cm³/mol. The Hall–Kier alpha value is -2.42. The van der Waals surface area contributed by atoms with Crippen LogP contribution in [0.4, 0.5) is 5.69 Å². The minimum Gasteiger partial charge on any atom is -0.339 e. The van der Waals surface area contributed by atoms with Crippen molar-refractivity contribution in [3.05, 3.63) is 29.3 Å². The zero-order valence-corrected chi connectivity index (χ0v) is 17.9. The number of benzene rings is 1. The van der Waals surface area contributed by atoms with Crippen LogP contribution in [0.3, 0.4) is 0 Å². The highest BCUT2D eigenvalue weighted by Gasteiger charge is 2.42. The number of nitrogens with one attached hydrogen (secondary N) is 1. The highest BCUT2D eigenvalue weighted by atomic mass is 32.2. The fourth-order valence-electron chi connectivity index (χ4n) is 4.65. The van der Waals surface area contributed by atoms with E-state index in [9.17, 15) is 22.8 Å². The first kappa shape index (κ1) is 20.8. The summed E-state index contributed by atoms with van der Waals surface area (Å²) in [6.07, 6.45) is 2.45. The second-order valence-corrected chi connectivity index (χ2v) is 10.7. The molecule has 3 saturated heterocycles. The Labute approximate surface area is 176 Å². The van der Waals surface area contributed by atoms with Gasteiger partial charge in [0.25, 0.3) is 5.91 Å². The van der Waals surface area contributed by atoms with Crippen LogP contribution in [0.15, 0.2) is 18.2 Å². The van der Waals surface area contributed by atoms with Crippen LogP contribution in [0.2, 0.25) is 0 Å². The second-order valence-electron chi connectivity index (χ2n) is 8.49. The lowest BCUT2D eigenvalue weighted by molar-refractivity contribution is -0.129. The molecule has 0 aliphatic carbocycles. The minimum atomic E-state index is -3.11. The fraction of sp³-hybridized carbons (Fsp3) is 0.571. The molecule has 1 aromatic rings. The van der Waals surface area contributed by atoms with Gasteiger partial charge >= 0.3 is 0 Å². The molecule has 9 heteroatoms. The van der Waals surface area contributed by atoms with Crippen molar-refractivity contribution in [3.8, 4) is 0 Å². The lowest BCUT2D eigenvalue weighted by atomic mass is 10.0. The van der Waals surface area contributed by atoms with E-state index < -0.39 is 15.8 Å². The molecular formula is C21H27N3O5S. The Morgan fingerprint density at radius 1 is 1.17 bits per heavy atom. The Balaban J connectivity index is 1.47. The zero-order valence-electron chi connectivity index (χ0n) is 17.1. The van der Waals surface area contributed by atoms with Crippen molar-refractivity contribution in [1.82, 2.24) is 9.80 Å². The topological polar surface area (TPSA) is 104 Å². The molecule has 0 unspecified atom stereocenters. The van der Waals surface area contributed by atoms with E-state index in [1.165, 1.54) is 0 Å². The highest BCUT2D eigenvalue weighted by Crippen LogP contribution is 2.29. The van der Waals surface area contributed by atoms with Gasteiger partial charge in [-0.25, -0.2) is 8.42 Å². The van der Waals surface area contributed by atoms with E-state index in [-0.39, 0.29) is 48.2 Å². The molecule has 0 bridgehead atoms. The van der Waals surface area contributed by atoms with E-state index in [4.69, 9.17) is 0 Å². The molecule has 3 aliphatic rings. The average Bonchev–Trinajstić information content (AvgIpc) is 3.41. The molecule has 1 aromatic carbocycles. The molecule has 2 atom stereocenters. The number of likely N-dealkylation sites (tertiary alicyclic amines) is 2. The molecule has 0 aromatic heterocycles. The first-order chi connectivity index (χ1) is 14.2. The van der Waals surface area contributed by atoms with Crippen LogP contribution in [-0.4, -0.2) is 73.1 Å². The molecule has 3 fully saturated rings. The van der Waals surface area contributed by atoms with Crippen LogP contribution in [0, 0.1) is 12.8 Å². The number of anilines is 1. The molecule has 3 aliphatic heterocycles. The number of aryl methyl sites for hydroxylation is 1. The van der Waals surface area contributed by atoms with Crippen molar-refractivity contribution in [2.45, 2.75) is 38.6 Å². The van der Waals surface area contributed by atoms with E-state index in [1.807, 2.05) is 13.0 Å². The Kier molecular flexibility index (Phi) is 5.57. The molecule has 0 saturated carbocycles. The molecule has 3 amide bonds. The number of rotatable bonds is 4. The van der Waals surface area contributed by atoms with Crippen LogP contribution in [0.1, 0.15) is 41.6 Å². The first-order valence-corrected chi connectivity index (χ1v) is 12.3. The molecule has 4 rings (SSSR count). The van der Waals surface area contributed by atoms with Gasteiger partial charge in [0.2, 0.25) is 11.8 Å². The maximum Gasteiger partial charge on any atom is 0.256 e. The molecular weight excluding hydrogens is 406 g/mol. The summed E-state index contributed by atoms with van der Waals surface area (Å²) >= 11 is 0. The number of nitrogens with zero attached hydrogens (tertiary/aromatic N) is 2. The number of hydrogen-bond donors (Lipinski definition) is 1. The van der Waals surface area contributed by atoms with Crippen LogP contribution in [0.25, 0.3) is 0 Å². The summed E-state index contributed by atoms with van der Waals surface area (Å²) in [6.45, 7) is 3.50. The van der Waals surface area contributed by atoms with Crippen molar-refractivity contribution in [2.24, 2.45) is 5.92 Å². The molecule has 0 spiro atoms. The predicted octanol–water partition coefficient (Wildman–Crippen LogP) is 1.21. The van der Waals surface area contributed by atoms with Gasteiger partial charge in [0.15, 0.2) is 9.84 Å². The fourth-order valence-corrected chi connectivity index (χ4v) is 6.38. The largest absolute Gasteiger partial charge is 0.339 e. The minimum absolute atomic E-state index is 0.0283. The van der Waals surface area contributed by atoms with Crippen LogP contribution in [-0.2, 0) is 19.4 Å². The van der Waals surface area contributed by atoms with Gasteiger partial charge in [0.1, 0.15) is 0 Å². The smallest absolute Gasteiger partial charge is 0.256 e. The van der Waals surface area contributed by atoms with E-state index in [1.54, 1.807) is 21.9 Å². The van der Waals surface area contributed by atoms with Gasteiger partial charge in [-0.3, -0.25) is 14.4 Å². The summed E-state index contributed by atoms with van der Waals surface area (Å²) in [5.74, 6) is -1.08. The molecule has 1 N–H and O–H groups in total. The molecule has 0 radical (unpaired) electrons. The highest BCUT2D eigenvalue weighted by molar-refractivity contribution is 7.91. The number of carbonyl (C=O) groups is 3. The van der Waals surface area contributed by atoms with Gasteiger partial charge in [-0.2, -0.15) is 0 Å². The SMILES string of the molecule is Cc1cccc(NC(=O)[C@H]2CC(=O)N([C@H]3CCS(=O)(=O)C3)C2)c1C(=O)N1CCCC1. The first-order valence-electron chi connectivity index (χ1n) is 10.4. The number of amides is 3. The van der Waals surface area contributed by atoms with Crippen LogP contribution < -0.4 is 5.32 Å². The number of sulfone groups is 1. The Morgan fingerprint density at radius 3 is 2.57 bits per heavy atom. The number of carbonyl (C=O) groups excluding carboxylic acids is 3. The second kappa shape index (κ2) is 8.02. The summed E-state index contributed by atoms with van der Waals surface area (Å²) < 4.78 is 23.5. The van der Waals surface area contributed by atoms with Crippen molar-refractivity contribution in [3.63, 3.8) is 0 Å². The molecule has 162 valence electrons. The maximum absolute atomic E-state index is 13.0. The van der Waals surface area contributed by atoms with Gasteiger partial charge < -0.3 is 15.1 Å². The number of hydrogen-bond acceptors (Lipinski definition) is 5. The van der Waals surface area contributed by atoms with Gasteiger partial charge in [-0.1, -0.05) is 12.1 Å². The monoisotopic (exact) mass is 433 g/mol. The van der Waals surface area contributed by atoms with Crippen molar-refractivity contribution in [1.29, 1.82) is 0 Å². The zero-order chi connectivity index (χ0) is 21.5. The molecule has 3 heterocycles. The normalized spacial score (nSPS) is 25.7. The summed E-state index contributed by atoms with van der Waals surface area (Å²) in [6, 6.07) is 5.01. The average molecular weight is 434 g/mol. The third kappa shape index (κ3) is 4.08. The summed E-state index contributed by atoms with van der Waals surface area (Å²) in [5, 5.41) is 2.86. The van der Waals surface area contributed by atoms with Gasteiger partial charge in [0.05, 0.1) is 28.7 Å². The maximum atomic E-state index is 13.0. The summed E-state index contributed by atoms with van der Waals surface area (Å²) in [4.78, 5) is 41.7. The van der Waals surface area contributed by atoms with Gasteiger partial charge in [-0.15, -0.1) is 0 Å². The summed E-state index contributed by atoms with van der Waals surface area (Å²) in [7, 11) is -3.11. The van der Waals surface area contributed by atoms with Crippen molar-refractivity contribution < 1.29 is 22.8 Å². The Bertz CT molecular complexity index is 984. The van der Waals surface area contributed by atoms with Crippen molar-refractivity contribution in [2.75, 3.05) is 36.5 Å². The van der Waals surface area contributed by atoms with Gasteiger partial charge in [0, 0.05) is 32.1 Å². The van der Waals surface area contributed by atoms with Crippen LogP contribution in [0.5, 0.6) is 0 Å². The summed E-state index contributed by atoms with van der Waals surface area (Å²) in [5.41, 5.74) is 1.76. The lowest BCUT2D eigenvalue weighted by Gasteiger charge is -2.23. The lowest BCUT2D eigenvalue weighted by Crippen LogP contribution is -2.38. The van der Waals surface area contributed by atoms with Crippen molar-refractivity contribution >= 4 is 33.2 Å². The quantitative estimate of drug-likeness (QED) is 0.769. The van der Waals surface area contributed by atoms with E-state index in [0.717, 1.165) is 31.5 Å². The van der Waals surface area contributed by atoms with Crippen LogP contribution >= 0.6 is 0 Å². The third-order valence-corrected chi connectivity index (χ3v) is 8.07. The third-order valence-electron chi connectivity index (χ3n) is 6.32. The van der Waals surface area contributed by atoms with E-state index >= 15 is 0 Å². The molecule has 30 heavy (non-hydrogen) atoms. The van der Waals surface area contributed by atoms with Gasteiger partial charge in [-0.05, 0) is 37.8 Å². The standard InChI is InChI=1S/C21H27N3O5S/c1-14-5-4-6-17(19(14)21(27)23-8-2-3-9-23)22-20(26)15-11-18(25)24(12-15)16-7-10-30(28,29)13-16/h4-6,15-16H,2-3,7-13H2,1H3,(H,22,26)/t15-,16-/m0/s1. The Morgan fingerprint density at radius 2 is 1.90 bits per heavy atom. The molecule has 8 nitrogen and oxygen atoms in total. The van der Waals surface area contributed by atoms with E-state index in [0.29, 0.717) is 17.7 Å². The van der Waals surface area contributed by atoms with E-state index in [2.05, 4.69) is 5.32 Å².